The monoisotopic (exact) mass is 383 g/mol. The van der Waals surface area contributed by atoms with E-state index in [1.165, 1.54) is 11.3 Å². The minimum absolute atomic E-state index is 0.0914. The third-order valence-corrected chi connectivity index (χ3v) is 6.14. The molecule has 4 atom stereocenters. The van der Waals surface area contributed by atoms with Crippen molar-refractivity contribution in [2.45, 2.75) is 11.7 Å². The number of anilines is 2. The van der Waals surface area contributed by atoms with Crippen molar-refractivity contribution >= 4 is 34.0 Å². The molecule has 3 aliphatic rings. The van der Waals surface area contributed by atoms with Gasteiger partial charge in [-0.15, -0.1) is 11.3 Å². The molecule has 2 aromatic rings. The number of carbonyl (C=O) groups excluding carboxylic acids is 2. The van der Waals surface area contributed by atoms with Crippen molar-refractivity contribution in [3.05, 3.63) is 48.0 Å². The Balaban J connectivity index is 1.44. The Bertz CT molecular complexity index is 927. The van der Waals surface area contributed by atoms with Crippen LogP contribution in [0.25, 0.3) is 0 Å². The lowest BCUT2D eigenvalue weighted by molar-refractivity contribution is -0.128. The number of carbonyl (C=O) groups is 2. The number of rotatable bonds is 4. The molecule has 1 aromatic carbocycles. The van der Waals surface area contributed by atoms with Crippen molar-refractivity contribution in [1.29, 1.82) is 0 Å². The number of methoxy groups -OCH3 is 1. The summed E-state index contributed by atoms with van der Waals surface area (Å²) in [6.07, 6.45) is 5.09. The van der Waals surface area contributed by atoms with Crippen LogP contribution in [0.5, 0.6) is 5.75 Å². The van der Waals surface area contributed by atoms with Gasteiger partial charge < -0.3 is 19.7 Å². The molecule has 1 spiro atoms. The van der Waals surface area contributed by atoms with E-state index in [-0.39, 0.29) is 17.9 Å². The third-order valence-electron chi connectivity index (χ3n) is 5.45. The van der Waals surface area contributed by atoms with E-state index in [0.717, 1.165) is 11.4 Å². The number of hydrogen-bond donors (Lipinski definition) is 1. The van der Waals surface area contributed by atoms with Crippen molar-refractivity contribution in [3.8, 4) is 5.75 Å². The van der Waals surface area contributed by atoms with Gasteiger partial charge in [-0.1, -0.05) is 12.2 Å². The summed E-state index contributed by atoms with van der Waals surface area (Å²) in [5.74, 6) is -0.687. The van der Waals surface area contributed by atoms with Gasteiger partial charge in [-0.05, 0) is 24.3 Å². The van der Waals surface area contributed by atoms with Crippen LogP contribution in [0.2, 0.25) is 0 Å². The van der Waals surface area contributed by atoms with Crippen LogP contribution in [-0.4, -0.2) is 42.2 Å². The van der Waals surface area contributed by atoms with Crippen LogP contribution in [0.4, 0.5) is 10.8 Å². The fraction of sp³-hybridized carbons (Fsp3) is 0.316. The van der Waals surface area contributed by atoms with Gasteiger partial charge >= 0.3 is 0 Å². The van der Waals surface area contributed by atoms with Crippen LogP contribution in [0, 0.1) is 11.8 Å². The standard InChI is InChI=1S/C19H17N3O4S/c1-25-12-4-2-11(3-5-12)22-10-19-7-6-13(26-19)14(15(19)17(22)24)16(23)21-18-20-8-9-27-18/h2-9,13-15H,10H2,1H3,(H,20,21,23)/t13-,14-,15+,19+/m1/s1. The molecular weight excluding hydrogens is 366 g/mol. The summed E-state index contributed by atoms with van der Waals surface area (Å²) in [5.41, 5.74) is 0.0242. The van der Waals surface area contributed by atoms with Crippen LogP contribution < -0.4 is 15.0 Å². The molecular formula is C19H17N3O4S. The van der Waals surface area contributed by atoms with Gasteiger partial charge in [-0.25, -0.2) is 4.98 Å². The van der Waals surface area contributed by atoms with Crippen molar-refractivity contribution < 1.29 is 19.1 Å². The summed E-state index contributed by atoms with van der Waals surface area (Å²) in [6.45, 7) is 0.400. The zero-order valence-corrected chi connectivity index (χ0v) is 15.3. The molecule has 8 heteroatoms. The molecule has 138 valence electrons. The predicted molar refractivity (Wildman–Crippen MR) is 99.8 cm³/mol. The quantitative estimate of drug-likeness (QED) is 0.818. The maximum Gasteiger partial charge on any atom is 0.234 e. The zero-order valence-electron chi connectivity index (χ0n) is 14.5. The summed E-state index contributed by atoms with van der Waals surface area (Å²) >= 11 is 1.35. The molecule has 2 bridgehead atoms. The second-order valence-electron chi connectivity index (χ2n) is 6.85. The Morgan fingerprint density at radius 1 is 1.41 bits per heavy atom. The van der Waals surface area contributed by atoms with Crippen LogP contribution in [0.15, 0.2) is 48.0 Å². The number of aromatic nitrogens is 1. The Kier molecular flexibility index (Phi) is 3.60. The number of nitrogens with zero attached hydrogens (tertiary/aromatic N) is 2. The van der Waals surface area contributed by atoms with E-state index in [9.17, 15) is 9.59 Å². The smallest absolute Gasteiger partial charge is 0.234 e. The summed E-state index contributed by atoms with van der Waals surface area (Å²) in [6, 6.07) is 7.31. The lowest BCUT2D eigenvalue weighted by Gasteiger charge is -2.22. The van der Waals surface area contributed by atoms with Gasteiger partial charge in [-0.3, -0.25) is 9.59 Å². The van der Waals surface area contributed by atoms with Gasteiger partial charge in [0.1, 0.15) is 11.4 Å². The first-order valence-electron chi connectivity index (χ1n) is 8.64. The Hall–Kier alpha value is -2.71. The van der Waals surface area contributed by atoms with Crippen molar-refractivity contribution in [2.24, 2.45) is 11.8 Å². The van der Waals surface area contributed by atoms with Crippen molar-refractivity contribution in [1.82, 2.24) is 4.98 Å². The highest BCUT2D eigenvalue weighted by Crippen LogP contribution is 2.52. The van der Waals surface area contributed by atoms with Crippen LogP contribution in [0.3, 0.4) is 0 Å². The SMILES string of the molecule is COc1ccc(N2C[C@]34C=C[C@@H](O3)[C@@H](C(=O)Nc3nccs3)[C@H]4C2=O)cc1. The van der Waals surface area contributed by atoms with Gasteiger partial charge in [0, 0.05) is 17.3 Å². The number of fused-ring (bicyclic) bond motifs is 1. The summed E-state index contributed by atoms with van der Waals surface area (Å²) in [5, 5.41) is 5.13. The Labute approximate surface area is 159 Å². The van der Waals surface area contributed by atoms with E-state index in [0.29, 0.717) is 11.7 Å². The molecule has 3 aliphatic heterocycles. The van der Waals surface area contributed by atoms with Crippen molar-refractivity contribution in [2.75, 3.05) is 23.9 Å². The van der Waals surface area contributed by atoms with E-state index in [4.69, 9.17) is 9.47 Å². The maximum absolute atomic E-state index is 13.2. The number of ether oxygens (including phenoxy) is 2. The molecule has 2 saturated heterocycles. The summed E-state index contributed by atoms with van der Waals surface area (Å²) in [4.78, 5) is 31.9. The largest absolute Gasteiger partial charge is 0.497 e. The average Bonchev–Trinajstić information content (AvgIpc) is 3.44. The van der Waals surface area contributed by atoms with Gasteiger partial charge in [-0.2, -0.15) is 0 Å². The summed E-state index contributed by atoms with van der Waals surface area (Å²) in [7, 11) is 1.60. The first kappa shape index (κ1) is 16.5. The number of thiazole rings is 1. The highest BCUT2D eigenvalue weighted by molar-refractivity contribution is 7.13. The zero-order chi connectivity index (χ0) is 18.6. The first-order chi connectivity index (χ1) is 13.1. The molecule has 0 radical (unpaired) electrons. The van der Waals surface area contributed by atoms with E-state index < -0.39 is 17.4 Å². The highest BCUT2D eigenvalue weighted by Gasteiger charge is 2.67. The molecule has 27 heavy (non-hydrogen) atoms. The molecule has 0 saturated carbocycles. The Morgan fingerprint density at radius 3 is 2.93 bits per heavy atom. The van der Waals surface area contributed by atoms with Gasteiger partial charge in [0.05, 0.1) is 31.6 Å². The van der Waals surface area contributed by atoms with E-state index in [1.54, 1.807) is 23.6 Å². The van der Waals surface area contributed by atoms with Crippen LogP contribution in [0.1, 0.15) is 0 Å². The van der Waals surface area contributed by atoms with E-state index in [2.05, 4.69) is 10.3 Å². The lowest BCUT2D eigenvalue weighted by Crippen LogP contribution is -2.41. The molecule has 7 nitrogen and oxygen atoms in total. The minimum Gasteiger partial charge on any atom is -0.497 e. The lowest BCUT2D eigenvalue weighted by atomic mass is 9.77. The minimum atomic E-state index is -0.743. The fourth-order valence-electron chi connectivity index (χ4n) is 4.25. The predicted octanol–water partition coefficient (Wildman–Crippen LogP) is 2.08. The molecule has 4 heterocycles. The van der Waals surface area contributed by atoms with Gasteiger partial charge in [0.2, 0.25) is 11.8 Å². The third kappa shape index (κ3) is 2.40. The molecule has 2 fully saturated rings. The molecule has 0 unspecified atom stereocenters. The second kappa shape index (κ2) is 5.90. The van der Waals surface area contributed by atoms with E-state index in [1.807, 2.05) is 36.4 Å². The molecule has 1 N–H and O–H groups in total. The van der Waals surface area contributed by atoms with Crippen LogP contribution >= 0.6 is 11.3 Å². The average molecular weight is 383 g/mol. The topological polar surface area (TPSA) is 80.8 Å². The molecule has 5 rings (SSSR count). The molecule has 1 aromatic heterocycles. The second-order valence-corrected chi connectivity index (χ2v) is 7.74. The normalized spacial score (nSPS) is 30.6. The molecule has 2 amide bonds. The number of benzene rings is 1. The van der Waals surface area contributed by atoms with E-state index >= 15 is 0 Å². The number of amides is 2. The van der Waals surface area contributed by atoms with Gasteiger partial charge in [0.15, 0.2) is 5.13 Å². The number of nitrogens with one attached hydrogen (secondary N) is 1. The fourth-order valence-corrected chi connectivity index (χ4v) is 4.78. The maximum atomic E-state index is 13.2. The van der Waals surface area contributed by atoms with Crippen molar-refractivity contribution in [3.63, 3.8) is 0 Å². The highest BCUT2D eigenvalue weighted by atomic mass is 32.1. The summed E-state index contributed by atoms with van der Waals surface area (Å²) < 4.78 is 11.3. The van der Waals surface area contributed by atoms with Gasteiger partial charge in [0.25, 0.3) is 0 Å². The number of hydrogen-bond acceptors (Lipinski definition) is 6. The Morgan fingerprint density at radius 2 is 2.22 bits per heavy atom. The molecule has 0 aliphatic carbocycles. The first-order valence-corrected chi connectivity index (χ1v) is 9.52. The van der Waals surface area contributed by atoms with Crippen LogP contribution in [-0.2, 0) is 14.3 Å².